The number of carbonyl (C=O) groups is 2. The molecule has 0 fully saturated rings. The fourth-order valence-corrected chi connectivity index (χ4v) is 0. The van der Waals surface area contributed by atoms with E-state index in [1.165, 1.54) is 0 Å². The normalized spacial score (nSPS) is 5.90. The first-order chi connectivity index (χ1) is 4.68. The van der Waals surface area contributed by atoms with Crippen molar-refractivity contribution in [3.05, 3.63) is 0 Å². The molecule has 0 amide bonds. The summed E-state index contributed by atoms with van der Waals surface area (Å²) < 4.78 is 0. The van der Waals surface area contributed by atoms with E-state index in [1.807, 2.05) is 6.79 Å². The zero-order valence-electron chi connectivity index (χ0n) is 6.33. The molecule has 0 aromatic rings. The van der Waals surface area contributed by atoms with E-state index in [0.29, 0.717) is 0 Å². The minimum atomic E-state index is -0.745. The van der Waals surface area contributed by atoms with Gasteiger partial charge in [-0.15, -0.1) is 0 Å². The molecule has 0 heterocycles. The smallest absolute Gasteiger partial charge is 0.303 e. The van der Waals surface area contributed by atoms with Gasteiger partial charge in [-0.2, -0.15) is 0 Å². The number of aliphatic carboxylic acids is 1. The van der Waals surface area contributed by atoms with Gasteiger partial charge in [-0.25, -0.2) is 0 Å². The van der Waals surface area contributed by atoms with E-state index < -0.39 is 5.97 Å². The standard InChI is InChI=1S/C3H6O2.C2H6O.CH2O/c1-2-3(4)5;1-2-3;1-2/h2H2,1H3,(H,4,5);3H,2H2,1H3;1H2. The first-order valence-corrected chi connectivity index (χ1v) is 2.80. The van der Waals surface area contributed by atoms with Crippen LogP contribution in [0.15, 0.2) is 0 Å². The second-order valence-corrected chi connectivity index (χ2v) is 1.06. The highest BCUT2D eigenvalue weighted by Gasteiger charge is 1.80. The zero-order valence-corrected chi connectivity index (χ0v) is 6.33. The fraction of sp³-hybridized carbons (Fsp3) is 0.667. The van der Waals surface area contributed by atoms with Crippen LogP contribution in [0.3, 0.4) is 0 Å². The lowest BCUT2D eigenvalue weighted by Crippen LogP contribution is -1.86. The lowest BCUT2D eigenvalue weighted by atomic mass is 10.5. The summed E-state index contributed by atoms with van der Waals surface area (Å²) in [4.78, 5) is 17.4. The van der Waals surface area contributed by atoms with Crippen LogP contribution in [0, 0.1) is 0 Å². The molecule has 0 saturated carbocycles. The highest BCUT2D eigenvalue weighted by Crippen LogP contribution is 1.67. The molecular formula is C6H14O4. The van der Waals surface area contributed by atoms with Crippen molar-refractivity contribution in [2.24, 2.45) is 0 Å². The molecule has 0 aliphatic heterocycles. The van der Waals surface area contributed by atoms with Crippen LogP contribution in [0.4, 0.5) is 0 Å². The number of hydrogen-bond acceptors (Lipinski definition) is 3. The fourth-order valence-electron chi connectivity index (χ4n) is 0. The molecule has 0 aliphatic rings. The molecule has 0 aromatic carbocycles. The summed E-state index contributed by atoms with van der Waals surface area (Å²) in [6.45, 7) is 5.53. The molecule has 4 nitrogen and oxygen atoms in total. The topological polar surface area (TPSA) is 74.6 Å². The molecule has 0 spiro atoms. The summed E-state index contributed by atoms with van der Waals surface area (Å²) in [6.07, 6.45) is 0.222. The summed E-state index contributed by atoms with van der Waals surface area (Å²) in [5.41, 5.74) is 0. The number of rotatable bonds is 1. The largest absolute Gasteiger partial charge is 0.481 e. The van der Waals surface area contributed by atoms with Crippen molar-refractivity contribution in [1.82, 2.24) is 0 Å². The van der Waals surface area contributed by atoms with Crippen molar-refractivity contribution < 1.29 is 19.8 Å². The van der Waals surface area contributed by atoms with Gasteiger partial charge in [-0.05, 0) is 6.92 Å². The maximum absolute atomic E-state index is 9.37. The van der Waals surface area contributed by atoms with Crippen molar-refractivity contribution in [3.8, 4) is 0 Å². The van der Waals surface area contributed by atoms with Gasteiger partial charge in [0.25, 0.3) is 0 Å². The first-order valence-electron chi connectivity index (χ1n) is 2.80. The van der Waals surface area contributed by atoms with Gasteiger partial charge in [0, 0.05) is 13.0 Å². The monoisotopic (exact) mass is 150 g/mol. The van der Waals surface area contributed by atoms with Gasteiger partial charge in [0.15, 0.2) is 0 Å². The number of hydrogen-bond donors (Lipinski definition) is 2. The van der Waals surface area contributed by atoms with Crippen LogP contribution in [-0.2, 0) is 9.59 Å². The molecule has 0 radical (unpaired) electrons. The average molecular weight is 150 g/mol. The van der Waals surface area contributed by atoms with Gasteiger partial charge < -0.3 is 15.0 Å². The molecule has 10 heavy (non-hydrogen) atoms. The quantitative estimate of drug-likeness (QED) is 0.563. The molecule has 0 rings (SSSR count). The zero-order chi connectivity index (χ0) is 8.99. The first kappa shape index (κ1) is 16.0. The molecule has 0 aromatic heterocycles. The van der Waals surface area contributed by atoms with E-state index in [-0.39, 0.29) is 13.0 Å². The number of carboxylic acid groups (broad SMARTS) is 1. The Morgan fingerprint density at radius 3 is 1.50 bits per heavy atom. The second-order valence-electron chi connectivity index (χ2n) is 1.06. The Bertz CT molecular complexity index is 62.8. The maximum Gasteiger partial charge on any atom is 0.303 e. The molecule has 2 N–H and O–H groups in total. The predicted molar refractivity (Wildman–Crippen MR) is 37.8 cm³/mol. The highest BCUT2D eigenvalue weighted by atomic mass is 16.4. The Hall–Kier alpha value is -0.900. The second kappa shape index (κ2) is 24.3. The van der Waals surface area contributed by atoms with Crippen LogP contribution in [0.5, 0.6) is 0 Å². The lowest BCUT2D eigenvalue weighted by molar-refractivity contribution is -0.136. The molecule has 62 valence electrons. The third-order valence-electron chi connectivity index (χ3n) is 0.302. The molecule has 0 aliphatic carbocycles. The Labute approximate surface area is 60.5 Å². The Morgan fingerprint density at radius 1 is 1.40 bits per heavy atom. The van der Waals surface area contributed by atoms with Crippen molar-refractivity contribution in [3.63, 3.8) is 0 Å². The maximum atomic E-state index is 9.37. The minimum absolute atomic E-state index is 0.222. The minimum Gasteiger partial charge on any atom is -0.481 e. The van der Waals surface area contributed by atoms with E-state index in [9.17, 15) is 4.79 Å². The molecule has 0 bridgehead atoms. The molecular weight excluding hydrogens is 136 g/mol. The molecule has 4 heteroatoms. The molecule has 0 unspecified atom stereocenters. The highest BCUT2D eigenvalue weighted by molar-refractivity contribution is 5.66. The summed E-state index contributed by atoms with van der Waals surface area (Å²) >= 11 is 0. The van der Waals surface area contributed by atoms with Crippen LogP contribution in [0.1, 0.15) is 20.3 Å². The van der Waals surface area contributed by atoms with E-state index in [2.05, 4.69) is 0 Å². The van der Waals surface area contributed by atoms with Gasteiger partial charge in [-0.3, -0.25) is 4.79 Å². The van der Waals surface area contributed by atoms with Gasteiger partial charge >= 0.3 is 5.97 Å². The van der Waals surface area contributed by atoms with Crippen LogP contribution in [0.25, 0.3) is 0 Å². The number of aliphatic hydroxyl groups excluding tert-OH is 1. The summed E-state index contributed by atoms with van der Waals surface area (Å²) in [7, 11) is 0. The number of aliphatic hydroxyl groups is 1. The predicted octanol–water partition coefficient (Wildman–Crippen LogP) is 0.295. The summed E-state index contributed by atoms with van der Waals surface area (Å²) in [5, 5.41) is 15.3. The van der Waals surface area contributed by atoms with Crippen molar-refractivity contribution in [2.75, 3.05) is 6.61 Å². The number of carboxylic acids is 1. The third kappa shape index (κ3) is 218. The Balaban J connectivity index is -0.0000000847. The summed E-state index contributed by atoms with van der Waals surface area (Å²) in [6, 6.07) is 0. The summed E-state index contributed by atoms with van der Waals surface area (Å²) in [5.74, 6) is -0.745. The molecule has 0 atom stereocenters. The molecule has 0 saturated heterocycles. The van der Waals surface area contributed by atoms with Gasteiger partial charge in [-0.1, -0.05) is 6.92 Å². The van der Waals surface area contributed by atoms with Crippen LogP contribution >= 0.6 is 0 Å². The Kier molecular flexibility index (Phi) is 39.0. The third-order valence-corrected chi connectivity index (χ3v) is 0.302. The Morgan fingerprint density at radius 2 is 1.50 bits per heavy atom. The van der Waals surface area contributed by atoms with Crippen LogP contribution in [0.2, 0.25) is 0 Å². The van der Waals surface area contributed by atoms with Crippen LogP contribution in [-0.4, -0.2) is 29.6 Å². The van der Waals surface area contributed by atoms with Gasteiger partial charge in [0.05, 0.1) is 0 Å². The number of carbonyl (C=O) groups excluding carboxylic acids is 1. The van der Waals surface area contributed by atoms with Crippen molar-refractivity contribution in [1.29, 1.82) is 0 Å². The van der Waals surface area contributed by atoms with Gasteiger partial charge in [0.1, 0.15) is 6.79 Å². The van der Waals surface area contributed by atoms with Gasteiger partial charge in [0.2, 0.25) is 0 Å². The van der Waals surface area contributed by atoms with Crippen molar-refractivity contribution >= 4 is 12.8 Å². The van der Waals surface area contributed by atoms with Crippen LogP contribution < -0.4 is 0 Å². The van der Waals surface area contributed by atoms with E-state index >= 15 is 0 Å². The SMILES string of the molecule is C=O.CCC(=O)O.CCO. The van der Waals surface area contributed by atoms with E-state index in [1.54, 1.807) is 13.8 Å². The lowest BCUT2D eigenvalue weighted by Gasteiger charge is -1.71. The van der Waals surface area contributed by atoms with Crippen molar-refractivity contribution in [2.45, 2.75) is 20.3 Å². The van der Waals surface area contributed by atoms with E-state index in [0.717, 1.165) is 0 Å². The van der Waals surface area contributed by atoms with E-state index in [4.69, 9.17) is 15.0 Å². The average Bonchev–Trinajstić information content (AvgIpc) is 1.94.